The third kappa shape index (κ3) is 6.25. The van der Waals surface area contributed by atoms with E-state index in [4.69, 9.17) is 11.6 Å². The number of aliphatic hydroxyl groups is 1. The molecular weight excluding hydrogens is 499 g/mol. The van der Waals surface area contributed by atoms with Crippen LogP contribution in [0.25, 0.3) is 5.69 Å². The van der Waals surface area contributed by atoms with Crippen molar-refractivity contribution in [2.24, 2.45) is 11.8 Å². The van der Waals surface area contributed by atoms with Crippen molar-refractivity contribution in [3.05, 3.63) is 88.1 Å². The van der Waals surface area contributed by atoms with E-state index in [9.17, 15) is 23.9 Å². The zero-order valence-corrected chi connectivity index (χ0v) is 21.2. The Bertz CT molecular complexity index is 1360. The highest BCUT2D eigenvalue weighted by atomic mass is 35.5. The van der Waals surface area contributed by atoms with E-state index in [0.717, 1.165) is 6.07 Å². The van der Waals surface area contributed by atoms with Crippen LogP contribution in [-0.4, -0.2) is 52.6 Å². The van der Waals surface area contributed by atoms with Crippen molar-refractivity contribution in [3.8, 4) is 5.69 Å². The van der Waals surface area contributed by atoms with E-state index in [1.807, 2.05) is 0 Å². The summed E-state index contributed by atoms with van der Waals surface area (Å²) in [6.45, 7) is 0.260. The van der Waals surface area contributed by atoms with Crippen molar-refractivity contribution in [1.29, 1.82) is 0 Å². The fourth-order valence-electron chi connectivity index (χ4n) is 4.84. The summed E-state index contributed by atoms with van der Waals surface area (Å²) >= 11 is 5.92. The van der Waals surface area contributed by atoms with Gasteiger partial charge in [-0.15, -0.1) is 0 Å². The van der Waals surface area contributed by atoms with E-state index in [2.05, 4.69) is 10.6 Å². The predicted molar refractivity (Wildman–Crippen MR) is 140 cm³/mol. The quantitative estimate of drug-likeness (QED) is 0.437. The second-order valence-electron chi connectivity index (χ2n) is 9.64. The van der Waals surface area contributed by atoms with Gasteiger partial charge < -0.3 is 20.6 Å². The first-order valence-electron chi connectivity index (χ1n) is 11.8. The maximum Gasteiger partial charge on any atom is 0.255 e. The first kappa shape index (κ1) is 26.5. The molecule has 3 N–H and O–H groups in total. The third-order valence-corrected chi connectivity index (χ3v) is 6.64. The molecular formula is C27H28ClFN4O4. The largest absolute Gasteiger partial charge is 0.389 e. The molecule has 194 valence electrons. The van der Waals surface area contributed by atoms with Crippen LogP contribution in [0, 0.1) is 17.7 Å². The number of nitrogens with zero attached hydrogens (tertiary/aromatic N) is 2. The minimum Gasteiger partial charge on any atom is -0.389 e. The molecule has 8 nitrogen and oxygen atoms in total. The van der Waals surface area contributed by atoms with Crippen LogP contribution >= 0.6 is 11.6 Å². The van der Waals surface area contributed by atoms with Crippen LogP contribution in [0.3, 0.4) is 0 Å². The lowest BCUT2D eigenvalue weighted by Crippen LogP contribution is -2.38. The Morgan fingerprint density at radius 3 is 2.30 bits per heavy atom. The Kier molecular flexibility index (Phi) is 7.77. The lowest BCUT2D eigenvalue weighted by atomic mass is 9.94. The van der Waals surface area contributed by atoms with Crippen LogP contribution in [0.1, 0.15) is 12.8 Å². The Balaban J connectivity index is 1.55. The zero-order chi connectivity index (χ0) is 26.7. The average Bonchev–Trinajstić information content (AvgIpc) is 3.19. The Morgan fingerprint density at radius 1 is 1.05 bits per heavy atom. The smallest absolute Gasteiger partial charge is 0.255 e. The lowest BCUT2D eigenvalue weighted by Gasteiger charge is -2.26. The van der Waals surface area contributed by atoms with Gasteiger partial charge in [0.15, 0.2) is 0 Å². The standard InChI is InChI=1S/C27H28ClFN4O4/c1-32(2)16-27(37)14-20(25(35)30-18-8-6-17(28)7-9-18)21(15-27)26(36)31-23-11-10-19(13-22(23)29)33-12-4-3-5-24(33)34/h3-13,20-21,37H,14-16H2,1-2H3,(H,30,35)(H,31,36)/t20-,21-,27?/m0/s1. The molecule has 1 aromatic heterocycles. The topological polar surface area (TPSA) is 104 Å². The fourth-order valence-corrected chi connectivity index (χ4v) is 4.97. The normalized spacial score (nSPS) is 21.1. The van der Waals surface area contributed by atoms with Gasteiger partial charge in [0.2, 0.25) is 11.8 Å². The summed E-state index contributed by atoms with van der Waals surface area (Å²) in [6.07, 6.45) is 1.62. The molecule has 2 aromatic carbocycles. The molecule has 2 amide bonds. The van der Waals surface area contributed by atoms with E-state index in [-0.39, 0.29) is 30.6 Å². The third-order valence-electron chi connectivity index (χ3n) is 6.39. The van der Waals surface area contributed by atoms with Gasteiger partial charge in [0.1, 0.15) is 5.82 Å². The molecule has 1 unspecified atom stereocenters. The number of aromatic nitrogens is 1. The number of rotatable bonds is 7. The maximum absolute atomic E-state index is 14.9. The summed E-state index contributed by atoms with van der Waals surface area (Å²) in [4.78, 5) is 40.3. The molecule has 1 aliphatic rings. The van der Waals surface area contributed by atoms with Gasteiger partial charge in [0, 0.05) is 35.6 Å². The molecule has 3 aromatic rings. The van der Waals surface area contributed by atoms with Crippen molar-refractivity contribution >= 4 is 34.8 Å². The number of hydrogen-bond donors (Lipinski definition) is 3. The molecule has 0 saturated heterocycles. The lowest BCUT2D eigenvalue weighted by molar-refractivity contribution is -0.128. The molecule has 1 aliphatic carbocycles. The van der Waals surface area contributed by atoms with Gasteiger partial charge in [-0.25, -0.2) is 4.39 Å². The second-order valence-corrected chi connectivity index (χ2v) is 10.1. The van der Waals surface area contributed by atoms with E-state index in [0.29, 0.717) is 16.4 Å². The van der Waals surface area contributed by atoms with Gasteiger partial charge >= 0.3 is 0 Å². The van der Waals surface area contributed by atoms with Gasteiger partial charge in [-0.1, -0.05) is 17.7 Å². The Hall–Kier alpha value is -3.53. The number of likely N-dealkylation sites (N-methyl/N-ethyl adjacent to an activating group) is 1. The number of pyridine rings is 1. The number of hydrogen-bond acceptors (Lipinski definition) is 5. The molecule has 0 bridgehead atoms. The number of amides is 2. The summed E-state index contributed by atoms with van der Waals surface area (Å²) < 4.78 is 16.2. The highest BCUT2D eigenvalue weighted by molar-refractivity contribution is 6.30. The van der Waals surface area contributed by atoms with Crippen LogP contribution in [0.4, 0.5) is 15.8 Å². The zero-order valence-electron chi connectivity index (χ0n) is 20.4. The molecule has 0 spiro atoms. The van der Waals surface area contributed by atoms with Gasteiger partial charge in [-0.2, -0.15) is 0 Å². The van der Waals surface area contributed by atoms with E-state index >= 15 is 0 Å². The van der Waals surface area contributed by atoms with Crippen molar-refractivity contribution in [2.45, 2.75) is 18.4 Å². The van der Waals surface area contributed by atoms with Gasteiger partial charge in [-0.3, -0.25) is 19.0 Å². The molecule has 3 atom stereocenters. The number of halogens is 2. The predicted octanol–water partition coefficient (Wildman–Crippen LogP) is 3.53. The Labute approximate surface area is 218 Å². The molecule has 4 rings (SSSR count). The number of benzene rings is 2. The molecule has 1 saturated carbocycles. The van der Waals surface area contributed by atoms with Crippen LogP contribution in [0.5, 0.6) is 0 Å². The summed E-state index contributed by atoms with van der Waals surface area (Å²) in [5.74, 6) is -3.46. The number of anilines is 2. The van der Waals surface area contributed by atoms with Gasteiger partial charge in [0.25, 0.3) is 5.56 Å². The second kappa shape index (κ2) is 10.8. The van der Waals surface area contributed by atoms with Crippen LogP contribution in [0.2, 0.25) is 5.02 Å². The Morgan fingerprint density at radius 2 is 1.70 bits per heavy atom. The molecule has 0 radical (unpaired) electrons. The molecule has 1 heterocycles. The molecule has 10 heteroatoms. The molecule has 1 fully saturated rings. The minimum atomic E-state index is -1.27. The summed E-state index contributed by atoms with van der Waals surface area (Å²) in [5.41, 5.74) is -0.862. The number of nitrogens with one attached hydrogen (secondary N) is 2. The minimum absolute atomic E-state index is 0.0365. The number of carbonyl (C=O) groups excluding carboxylic acids is 2. The van der Waals surface area contributed by atoms with Gasteiger partial charge in [0.05, 0.1) is 28.8 Å². The summed E-state index contributed by atoms with van der Waals surface area (Å²) in [5, 5.41) is 17.1. The first-order valence-corrected chi connectivity index (χ1v) is 12.1. The fraction of sp³-hybridized carbons (Fsp3) is 0.296. The summed E-state index contributed by atoms with van der Waals surface area (Å²) in [6, 6.07) is 15.2. The van der Waals surface area contributed by atoms with Crippen LogP contribution < -0.4 is 16.2 Å². The van der Waals surface area contributed by atoms with E-state index < -0.39 is 35.1 Å². The molecule has 0 aliphatic heterocycles. The maximum atomic E-state index is 14.9. The van der Waals surface area contributed by atoms with E-state index in [1.54, 1.807) is 55.4 Å². The summed E-state index contributed by atoms with van der Waals surface area (Å²) in [7, 11) is 3.59. The van der Waals surface area contributed by atoms with E-state index in [1.165, 1.54) is 29.0 Å². The van der Waals surface area contributed by atoms with Gasteiger partial charge in [-0.05, 0) is 69.4 Å². The van der Waals surface area contributed by atoms with Crippen LogP contribution in [-0.2, 0) is 9.59 Å². The molecule has 37 heavy (non-hydrogen) atoms. The van der Waals surface area contributed by atoms with Crippen molar-refractivity contribution in [2.75, 3.05) is 31.3 Å². The van der Waals surface area contributed by atoms with Crippen molar-refractivity contribution in [3.63, 3.8) is 0 Å². The first-order chi connectivity index (χ1) is 17.5. The highest BCUT2D eigenvalue weighted by Gasteiger charge is 2.50. The average molecular weight is 527 g/mol. The SMILES string of the molecule is CN(C)CC1(O)C[C@H](C(=O)Nc2ccc(Cl)cc2)[C@@H](C(=O)Nc2ccc(-n3ccccc3=O)cc2F)C1. The van der Waals surface area contributed by atoms with Crippen LogP contribution in [0.15, 0.2) is 71.7 Å². The number of carbonyl (C=O) groups is 2. The monoisotopic (exact) mass is 526 g/mol. The highest BCUT2D eigenvalue weighted by Crippen LogP contribution is 2.41. The van der Waals surface area contributed by atoms with Crippen molar-refractivity contribution in [1.82, 2.24) is 9.47 Å². The van der Waals surface area contributed by atoms with Crippen molar-refractivity contribution < 1.29 is 19.1 Å².